The molecule has 0 saturated carbocycles. The Morgan fingerprint density at radius 1 is 1.05 bits per heavy atom. The molecule has 0 saturated heterocycles. The van der Waals surface area contributed by atoms with Crippen molar-refractivity contribution in [1.82, 2.24) is 5.32 Å². The van der Waals surface area contributed by atoms with Gasteiger partial charge < -0.3 is 10.1 Å². The Kier molecular flexibility index (Phi) is 5.30. The summed E-state index contributed by atoms with van der Waals surface area (Å²) in [5.74, 6) is 0.865. The van der Waals surface area contributed by atoms with Crippen molar-refractivity contribution >= 4 is 23.2 Å². The number of ether oxygens (including phenoxy) is 1. The molecule has 2 aromatic carbocycles. The van der Waals surface area contributed by atoms with Gasteiger partial charge >= 0.3 is 0 Å². The average Bonchev–Trinajstić information content (AvgIpc) is 2.48. The summed E-state index contributed by atoms with van der Waals surface area (Å²) in [4.78, 5) is 0. The molecular formula is C16H17Cl2NO. The minimum Gasteiger partial charge on any atom is -0.497 e. The van der Waals surface area contributed by atoms with Crippen molar-refractivity contribution in [2.45, 2.75) is 12.5 Å². The third-order valence-corrected chi connectivity index (χ3v) is 4.03. The fourth-order valence-electron chi connectivity index (χ4n) is 2.11. The molecule has 2 rings (SSSR count). The van der Waals surface area contributed by atoms with Gasteiger partial charge in [-0.2, -0.15) is 0 Å². The van der Waals surface area contributed by atoms with Crippen LogP contribution in [-0.2, 0) is 6.42 Å². The molecule has 0 aromatic heterocycles. The minimum absolute atomic E-state index is 0.193. The summed E-state index contributed by atoms with van der Waals surface area (Å²) in [5.41, 5.74) is 2.36. The van der Waals surface area contributed by atoms with Crippen LogP contribution < -0.4 is 10.1 Å². The molecule has 0 amide bonds. The van der Waals surface area contributed by atoms with Gasteiger partial charge in [-0.15, -0.1) is 0 Å². The van der Waals surface area contributed by atoms with Crippen LogP contribution >= 0.6 is 23.2 Å². The maximum atomic E-state index is 6.08. The van der Waals surface area contributed by atoms with Crippen LogP contribution in [0.25, 0.3) is 0 Å². The van der Waals surface area contributed by atoms with Gasteiger partial charge in [0.05, 0.1) is 17.2 Å². The second-order valence-corrected chi connectivity index (χ2v) is 5.38. The van der Waals surface area contributed by atoms with Gasteiger partial charge in [0.15, 0.2) is 0 Å². The predicted molar refractivity (Wildman–Crippen MR) is 85.0 cm³/mol. The first-order chi connectivity index (χ1) is 9.63. The van der Waals surface area contributed by atoms with Crippen molar-refractivity contribution in [2.24, 2.45) is 0 Å². The van der Waals surface area contributed by atoms with E-state index in [4.69, 9.17) is 27.9 Å². The van der Waals surface area contributed by atoms with E-state index in [-0.39, 0.29) is 6.04 Å². The lowest BCUT2D eigenvalue weighted by atomic mass is 9.99. The Bertz CT molecular complexity index is 569. The number of hydrogen-bond acceptors (Lipinski definition) is 2. The summed E-state index contributed by atoms with van der Waals surface area (Å²) >= 11 is 12.0. The molecule has 0 heterocycles. The lowest BCUT2D eigenvalue weighted by Gasteiger charge is -2.17. The van der Waals surface area contributed by atoms with E-state index in [2.05, 4.69) is 17.4 Å². The molecule has 0 aliphatic rings. The van der Waals surface area contributed by atoms with Gasteiger partial charge in [0.2, 0.25) is 0 Å². The SMILES string of the molecule is CNC(Cc1ccc(OC)cc1)c1ccc(Cl)c(Cl)c1. The predicted octanol–water partition coefficient (Wildman–Crippen LogP) is 4.51. The number of halogens is 2. The molecule has 0 radical (unpaired) electrons. The third kappa shape index (κ3) is 3.66. The summed E-state index contributed by atoms with van der Waals surface area (Å²) in [6, 6.07) is 14.0. The Balaban J connectivity index is 2.16. The highest BCUT2D eigenvalue weighted by molar-refractivity contribution is 6.42. The third-order valence-electron chi connectivity index (χ3n) is 3.29. The van der Waals surface area contributed by atoms with Crippen LogP contribution in [0, 0.1) is 0 Å². The van der Waals surface area contributed by atoms with E-state index in [1.54, 1.807) is 7.11 Å². The molecule has 4 heteroatoms. The summed E-state index contributed by atoms with van der Waals surface area (Å²) in [6.07, 6.45) is 0.873. The van der Waals surface area contributed by atoms with E-state index in [1.807, 2.05) is 37.4 Å². The fraction of sp³-hybridized carbons (Fsp3) is 0.250. The van der Waals surface area contributed by atoms with Gasteiger partial charge in [0.1, 0.15) is 5.75 Å². The largest absolute Gasteiger partial charge is 0.497 e. The normalized spacial score (nSPS) is 12.2. The number of rotatable bonds is 5. The Labute approximate surface area is 129 Å². The first-order valence-corrected chi connectivity index (χ1v) is 7.14. The highest BCUT2D eigenvalue weighted by Gasteiger charge is 2.11. The van der Waals surface area contributed by atoms with Crippen molar-refractivity contribution in [3.8, 4) is 5.75 Å². The van der Waals surface area contributed by atoms with Crippen LogP contribution in [0.5, 0.6) is 5.75 Å². The van der Waals surface area contributed by atoms with Crippen LogP contribution in [0.3, 0.4) is 0 Å². The number of hydrogen-bond donors (Lipinski definition) is 1. The molecule has 2 nitrogen and oxygen atoms in total. The number of methoxy groups -OCH3 is 1. The Morgan fingerprint density at radius 3 is 2.30 bits per heavy atom. The molecule has 0 aliphatic carbocycles. The first kappa shape index (κ1) is 15.2. The Hall–Kier alpha value is -1.22. The van der Waals surface area contributed by atoms with Gasteiger partial charge in [0, 0.05) is 6.04 Å². The fourth-order valence-corrected chi connectivity index (χ4v) is 2.42. The summed E-state index contributed by atoms with van der Waals surface area (Å²) in [5, 5.41) is 4.47. The monoisotopic (exact) mass is 309 g/mol. The van der Waals surface area contributed by atoms with Gasteiger partial charge in [-0.05, 0) is 48.9 Å². The van der Waals surface area contributed by atoms with Crippen molar-refractivity contribution in [2.75, 3.05) is 14.2 Å². The molecule has 1 atom stereocenters. The van der Waals surface area contributed by atoms with Crippen LogP contribution in [0.15, 0.2) is 42.5 Å². The second-order valence-electron chi connectivity index (χ2n) is 4.57. The van der Waals surface area contributed by atoms with Crippen LogP contribution in [-0.4, -0.2) is 14.2 Å². The summed E-state index contributed by atoms with van der Waals surface area (Å²) in [6.45, 7) is 0. The van der Waals surface area contributed by atoms with Crippen molar-refractivity contribution in [3.63, 3.8) is 0 Å². The molecule has 0 aliphatic heterocycles. The maximum Gasteiger partial charge on any atom is 0.118 e. The zero-order valence-corrected chi connectivity index (χ0v) is 13.0. The minimum atomic E-state index is 0.193. The van der Waals surface area contributed by atoms with Crippen molar-refractivity contribution in [3.05, 3.63) is 63.6 Å². The Morgan fingerprint density at radius 2 is 1.75 bits per heavy atom. The maximum absolute atomic E-state index is 6.08. The number of benzene rings is 2. The van der Waals surface area contributed by atoms with E-state index in [1.165, 1.54) is 5.56 Å². The van der Waals surface area contributed by atoms with Crippen molar-refractivity contribution < 1.29 is 4.74 Å². The molecular weight excluding hydrogens is 293 g/mol. The number of likely N-dealkylation sites (N-methyl/N-ethyl adjacent to an activating group) is 1. The van der Waals surface area contributed by atoms with E-state index >= 15 is 0 Å². The van der Waals surface area contributed by atoms with Gasteiger partial charge in [-0.3, -0.25) is 0 Å². The van der Waals surface area contributed by atoms with E-state index < -0.39 is 0 Å². The molecule has 2 aromatic rings. The standard InChI is InChI=1S/C16H17Cl2NO/c1-19-16(12-5-8-14(17)15(18)10-12)9-11-3-6-13(20-2)7-4-11/h3-8,10,16,19H,9H2,1-2H3. The molecule has 0 fully saturated rings. The quantitative estimate of drug-likeness (QED) is 0.877. The molecule has 20 heavy (non-hydrogen) atoms. The lowest BCUT2D eigenvalue weighted by Crippen LogP contribution is -2.18. The molecule has 0 spiro atoms. The van der Waals surface area contributed by atoms with E-state index in [0.717, 1.165) is 17.7 Å². The smallest absolute Gasteiger partial charge is 0.118 e. The summed E-state index contributed by atoms with van der Waals surface area (Å²) in [7, 11) is 3.61. The molecule has 1 unspecified atom stereocenters. The highest BCUT2D eigenvalue weighted by Crippen LogP contribution is 2.27. The van der Waals surface area contributed by atoms with Crippen LogP contribution in [0.2, 0.25) is 10.0 Å². The zero-order valence-electron chi connectivity index (χ0n) is 11.5. The lowest BCUT2D eigenvalue weighted by molar-refractivity contribution is 0.414. The number of nitrogens with one attached hydrogen (secondary N) is 1. The van der Waals surface area contributed by atoms with E-state index in [0.29, 0.717) is 10.0 Å². The topological polar surface area (TPSA) is 21.3 Å². The van der Waals surface area contributed by atoms with Gasteiger partial charge in [0.25, 0.3) is 0 Å². The molecule has 106 valence electrons. The summed E-state index contributed by atoms with van der Waals surface area (Å²) < 4.78 is 5.17. The molecule has 1 N–H and O–H groups in total. The zero-order chi connectivity index (χ0) is 14.5. The molecule has 0 bridgehead atoms. The van der Waals surface area contributed by atoms with E-state index in [9.17, 15) is 0 Å². The highest BCUT2D eigenvalue weighted by atomic mass is 35.5. The first-order valence-electron chi connectivity index (χ1n) is 6.39. The van der Waals surface area contributed by atoms with Gasteiger partial charge in [-0.25, -0.2) is 0 Å². The average molecular weight is 310 g/mol. The van der Waals surface area contributed by atoms with Crippen molar-refractivity contribution in [1.29, 1.82) is 0 Å². The second kappa shape index (κ2) is 6.98. The van der Waals surface area contributed by atoms with Crippen LogP contribution in [0.1, 0.15) is 17.2 Å². The van der Waals surface area contributed by atoms with Crippen LogP contribution in [0.4, 0.5) is 0 Å². The van der Waals surface area contributed by atoms with Gasteiger partial charge in [-0.1, -0.05) is 41.4 Å².